The largest absolute Gasteiger partial charge is 0.376 e. The van der Waals surface area contributed by atoms with Crippen molar-refractivity contribution >= 4 is 11.8 Å². The van der Waals surface area contributed by atoms with Crippen LogP contribution in [-0.4, -0.2) is 73.6 Å². The van der Waals surface area contributed by atoms with E-state index < -0.39 is 0 Å². The number of ether oxygens (including phenoxy) is 1. The Morgan fingerprint density at radius 1 is 1.00 bits per heavy atom. The summed E-state index contributed by atoms with van der Waals surface area (Å²) in [6.45, 7) is 8.38. The Bertz CT molecular complexity index is 449. The van der Waals surface area contributed by atoms with E-state index >= 15 is 0 Å². The molecule has 1 atom stereocenters. The van der Waals surface area contributed by atoms with Crippen molar-refractivity contribution in [2.75, 3.05) is 45.9 Å². The molecule has 2 aliphatic heterocycles. The fraction of sp³-hybridized carbons (Fsp3) is 0.895. The lowest BCUT2D eigenvalue weighted by Gasteiger charge is -2.37. The zero-order valence-corrected chi connectivity index (χ0v) is 15.5. The third-order valence-electron chi connectivity index (χ3n) is 6.11. The first kappa shape index (κ1) is 18.6. The fourth-order valence-electron chi connectivity index (χ4n) is 4.31. The van der Waals surface area contributed by atoms with Gasteiger partial charge in [0.15, 0.2) is 0 Å². The number of carbonyl (C=O) groups excluding carboxylic acids is 2. The second-order valence-electron chi connectivity index (χ2n) is 7.69. The third kappa shape index (κ3) is 4.94. The van der Waals surface area contributed by atoms with E-state index in [9.17, 15) is 9.59 Å². The van der Waals surface area contributed by atoms with E-state index in [4.69, 9.17) is 4.74 Å². The van der Waals surface area contributed by atoms with Crippen LogP contribution in [-0.2, 0) is 14.3 Å². The molecule has 2 heterocycles. The van der Waals surface area contributed by atoms with E-state index in [2.05, 4.69) is 17.1 Å². The summed E-state index contributed by atoms with van der Waals surface area (Å²) in [6, 6.07) is 0. The minimum atomic E-state index is 0.0717. The molecule has 0 aromatic rings. The highest BCUT2D eigenvalue weighted by atomic mass is 16.5. The van der Waals surface area contributed by atoms with E-state index in [1.807, 2.05) is 4.90 Å². The van der Waals surface area contributed by atoms with E-state index in [0.29, 0.717) is 12.5 Å². The molecule has 0 radical (unpaired) electrons. The van der Waals surface area contributed by atoms with Crippen LogP contribution >= 0.6 is 0 Å². The van der Waals surface area contributed by atoms with Crippen molar-refractivity contribution in [2.24, 2.45) is 11.8 Å². The number of likely N-dealkylation sites (N-methyl/N-ethyl adjacent to an activating group) is 1. The van der Waals surface area contributed by atoms with Gasteiger partial charge in [-0.2, -0.15) is 0 Å². The van der Waals surface area contributed by atoms with E-state index in [1.165, 1.54) is 0 Å². The second-order valence-corrected chi connectivity index (χ2v) is 7.69. The molecule has 142 valence electrons. The molecular formula is C19H33N3O3. The molecule has 0 aromatic heterocycles. The molecule has 3 rings (SSSR count). The highest BCUT2D eigenvalue weighted by Gasteiger charge is 2.33. The van der Waals surface area contributed by atoms with Crippen LogP contribution in [0.15, 0.2) is 0 Å². The third-order valence-corrected chi connectivity index (χ3v) is 6.11. The molecule has 1 unspecified atom stereocenters. The van der Waals surface area contributed by atoms with Gasteiger partial charge in [0.1, 0.15) is 0 Å². The monoisotopic (exact) mass is 351 g/mol. The summed E-state index contributed by atoms with van der Waals surface area (Å²) in [5.41, 5.74) is 0. The number of rotatable bonds is 5. The molecule has 1 saturated carbocycles. The molecule has 0 bridgehead atoms. The number of carbonyl (C=O) groups is 2. The molecule has 25 heavy (non-hydrogen) atoms. The predicted molar refractivity (Wildman–Crippen MR) is 96.1 cm³/mol. The maximum Gasteiger partial charge on any atom is 0.225 e. The summed E-state index contributed by atoms with van der Waals surface area (Å²) in [5, 5.41) is 3.05. The van der Waals surface area contributed by atoms with Crippen LogP contribution in [0.25, 0.3) is 0 Å². The summed E-state index contributed by atoms with van der Waals surface area (Å²) in [7, 11) is 0. The molecule has 1 N–H and O–H groups in total. The van der Waals surface area contributed by atoms with Gasteiger partial charge in [-0.15, -0.1) is 0 Å². The first-order chi connectivity index (χ1) is 12.2. The van der Waals surface area contributed by atoms with Gasteiger partial charge in [0.05, 0.1) is 6.10 Å². The van der Waals surface area contributed by atoms with E-state index in [-0.39, 0.29) is 23.8 Å². The molecule has 3 aliphatic rings. The van der Waals surface area contributed by atoms with Crippen molar-refractivity contribution in [3.05, 3.63) is 0 Å². The zero-order valence-electron chi connectivity index (χ0n) is 15.5. The Kier molecular flexibility index (Phi) is 6.70. The number of piperazine rings is 1. The maximum atomic E-state index is 12.7. The summed E-state index contributed by atoms with van der Waals surface area (Å²) >= 11 is 0. The lowest BCUT2D eigenvalue weighted by molar-refractivity contribution is -0.140. The Balaban J connectivity index is 1.37. The lowest BCUT2D eigenvalue weighted by Crippen LogP contribution is -2.50. The Hall–Kier alpha value is -1.14. The van der Waals surface area contributed by atoms with Crippen LogP contribution in [0.2, 0.25) is 0 Å². The molecule has 1 aliphatic carbocycles. The second kappa shape index (κ2) is 8.99. The van der Waals surface area contributed by atoms with Gasteiger partial charge < -0.3 is 19.9 Å². The Labute approximate surface area is 151 Å². The summed E-state index contributed by atoms with van der Waals surface area (Å²) in [4.78, 5) is 29.5. The number of amides is 2. The van der Waals surface area contributed by atoms with Gasteiger partial charge in [-0.25, -0.2) is 0 Å². The number of nitrogens with zero attached hydrogens (tertiary/aromatic N) is 2. The standard InChI is InChI=1S/C19H33N3O3/c1-2-21-9-11-22(12-10-21)19(24)16-7-5-15(6-8-16)18(23)20-14-17-4-3-13-25-17/h15-17H,2-14H2,1H3,(H,20,23). The highest BCUT2D eigenvalue weighted by Crippen LogP contribution is 2.30. The fourth-order valence-corrected chi connectivity index (χ4v) is 4.31. The molecule has 6 nitrogen and oxygen atoms in total. The van der Waals surface area contributed by atoms with Crippen molar-refractivity contribution in [3.8, 4) is 0 Å². The van der Waals surface area contributed by atoms with Gasteiger partial charge >= 0.3 is 0 Å². The van der Waals surface area contributed by atoms with E-state index in [1.54, 1.807) is 0 Å². The molecule has 6 heteroatoms. The average molecular weight is 351 g/mol. The lowest BCUT2D eigenvalue weighted by atomic mass is 9.80. The SMILES string of the molecule is CCN1CCN(C(=O)C2CCC(C(=O)NCC3CCCO3)CC2)CC1. The highest BCUT2D eigenvalue weighted by molar-refractivity contribution is 5.81. The van der Waals surface area contributed by atoms with Gasteiger partial charge in [-0.3, -0.25) is 9.59 Å². The van der Waals surface area contributed by atoms with Gasteiger partial charge in [0.2, 0.25) is 11.8 Å². The van der Waals surface area contributed by atoms with Crippen molar-refractivity contribution in [3.63, 3.8) is 0 Å². The Morgan fingerprint density at radius 2 is 1.68 bits per heavy atom. The Morgan fingerprint density at radius 3 is 2.28 bits per heavy atom. The van der Waals surface area contributed by atoms with Gasteiger partial charge in [-0.05, 0) is 45.1 Å². The quantitative estimate of drug-likeness (QED) is 0.810. The number of hydrogen-bond acceptors (Lipinski definition) is 4. The van der Waals surface area contributed by atoms with Crippen LogP contribution in [0.4, 0.5) is 0 Å². The van der Waals surface area contributed by atoms with Crippen molar-refractivity contribution < 1.29 is 14.3 Å². The average Bonchev–Trinajstić information content (AvgIpc) is 3.19. The zero-order chi connectivity index (χ0) is 17.6. The van der Waals surface area contributed by atoms with Crippen LogP contribution in [0.3, 0.4) is 0 Å². The molecule has 2 amide bonds. The molecular weight excluding hydrogens is 318 g/mol. The first-order valence-corrected chi connectivity index (χ1v) is 10.1. The van der Waals surface area contributed by atoms with Crippen LogP contribution in [0.5, 0.6) is 0 Å². The van der Waals surface area contributed by atoms with Gasteiger partial charge in [0, 0.05) is 51.2 Å². The van der Waals surface area contributed by atoms with Crippen LogP contribution in [0.1, 0.15) is 45.4 Å². The number of hydrogen-bond donors (Lipinski definition) is 1. The minimum Gasteiger partial charge on any atom is -0.376 e. The maximum absolute atomic E-state index is 12.7. The van der Waals surface area contributed by atoms with Gasteiger partial charge in [0.25, 0.3) is 0 Å². The minimum absolute atomic E-state index is 0.0717. The van der Waals surface area contributed by atoms with Crippen LogP contribution < -0.4 is 5.32 Å². The van der Waals surface area contributed by atoms with Crippen molar-refractivity contribution in [2.45, 2.75) is 51.6 Å². The topological polar surface area (TPSA) is 61.9 Å². The van der Waals surface area contributed by atoms with Crippen molar-refractivity contribution in [1.82, 2.24) is 15.1 Å². The summed E-state index contributed by atoms with van der Waals surface area (Å²) in [6.07, 6.45) is 5.72. The smallest absolute Gasteiger partial charge is 0.225 e. The van der Waals surface area contributed by atoms with Crippen molar-refractivity contribution in [1.29, 1.82) is 0 Å². The first-order valence-electron chi connectivity index (χ1n) is 10.1. The predicted octanol–water partition coefficient (Wildman–Crippen LogP) is 1.25. The molecule has 0 aromatic carbocycles. The number of nitrogens with one attached hydrogen (secondary N) is 1. The van der Waals surface area contributed by atoms with Gasteiger partial charge in [-0.1, -0.05) is 6.92 Å². The molecule has 3 fully saturated rings. The molecule has 0 spiro atoms. The van der Waals surface area contributed by atoms with E-state index in [0.717, 1.165) is 77.9 Å². The normalized spacial score (nSPS) is 31.1. The summed E-state index contributed by atoms with van der Waals surface area (Å²) < 4.78 is 5.55. The van der Waals surface area contributed by atoms with Crippen LogP contribution in [0, 0.1) is 11.8 Å². The summed E-state index contributed by atoms with van der Waals surface area (Å²) in [5.74, 6) is 0.657. The molecule has 2 saturated heterocycles.